The van der Waals surface area contributed by atoms with E-state index in [4.69, 9.17) is 9.47 Å². The zero-order valence-corrected chi connectivity index (χ0v) is 13.9. The third-order valence-electron chi connectivity index (χ3n) is 3.49. The van der Waals surface area contributed by atoms with Crippen LogP contribution >= 0.6 is 0 Å². The minimum atomic E-state index is 0.501. The van der Waals surface area contributed by atoms with E-state index in [-0.39, 0.29) is 0 Å². The van der Waals surface area contributed by atoms with Crippen LogP contribution in [-0.4, -0.2) is 50.9 Å². The first-order valence-corrected chi connectivity index (χ1v) is 7.83. The van der Waals surface area contributed by atoms with E-state index in [9.17, 15) is 0 Å². The molecule has 0 fully saturated rings. The van der Waals surface area contributed by atoms with E-state index in [0.29, 0.717) is 12.6 Å². The molecular weight excluding hydrogens is 264 g/mol. The zero-order valence-electron chi connectivity index (χ0n) is 13.9. The summed E-state index contributed by atoms with van der Waals surface area (Å²) in [7, 11) is 1.74. The van der Waals surface area contributed by atoms with Crippen LogP contribution in [0.15, 0.2) is 24.3 Å². The first-order valence-electron chi connectivity index (χ1n) is 7.83. The molecule has 0 spiro atoms. The Labute approximate surface area is 129 Å². The second-order valence-corrected chi connectivity index (χ2v) is 5.36. The topological polar surface area (TPSA) is 33.7 Å². The number of nitrogens with zero attached hydrogens (tertiary/aromatic N) is 1. The average molecular weight is 294 g/mol. The lowest BCUT2D eigenvalue weighted by atomic mass is 10.2. The number of hydrogen-bond acceptors (Lipinski definition) is 4. The lowest BCUT2D eigenvalue weighted by Gasteiger charge is -2.26. The summed E-state index contributed by atoms with van der Waals surface area (Å²) in [4.78, 5) is 2.37. The average Bonchev–Trinajstić information content (AvgIpc) is 2.49. The molecule has 21 heavy (non-hydrogen) atoms. The van der Waals surface area contributed by atoms with Gasteiger partial charge < -0.3 is 14.8 Å². The van der Waals surface area contributed by atoms with E-state index < -0.39 is 0 Å². The van der Waals surface area contributed by atoms with Crippen molar-refractivity contribution in [3.05, 3.63) is 29.8 Å². The summed E-state index contributed by atoms with van der Waals surface area (Å²) in [5, 5.41) is 3.34. The van der Waals surface area contributed by atoms with Gasteiger partial charge in [0.15, 0.2) is 0 Å². The maximum Gasteiger partial charge on any atom is 0.123 e. The normalized spacial score (nSPS) is 11.3. The second-order valence-electron chi connectivity index (χ2n) is 5.36. The van der Waals surface area contributed by atoms with Gasteiger partial charge in [-0.1, -0.05) is 25.1 Å². The number of benzene rings is 1. The summed E-state index contributed by atoms with van der Waals surface area (Å²) in [6.45, 7) is 11.6. The number of hydrogen-bond donors (Lipinski definition) is 1. The molecule has 0 aliphatic heterocycles. The van der Waals surface area contributed by atoms with Crippen LogP contribution < -0.4 is 10.1 Å². The fourth-order valence-corrected chi connectivity index (χ4v) is 2.16. The molecule has 1 aromatic carbocycles. The molecule has 4 nitrogen and oxygen atoms in total. The monoisotopic (exact) mass is 294 g/mol. The number of nitrogens with one attached hydrogen (secondary N) is 1. The fourth-order valence-electron chi connectivity index (χ4n) is 2.16. The molecule has 0 aliphatic carbocycles. The highest BCUT2D eigenvalue weighted by Gasteiger charge is 2.09. The summed E-state index contributed by atoms with van der Waals surface area (Å²) < 4.78 is 11.1. The molecule has 0 radical (unpaired) electrons. The molecule has 120 valence electrons. The smallest absolute Gasteiger partial charge is 0.123 e. The molecule has 0 bridgehead atoms. The van der Waals surface area contributed by atoms with Crippen molar-refractivity contribution in [1.29, 1.82) is 0 Å². The van der Waals surface area contributed by atoms with E-state index in [2.05, 4.69) is 43.1 Å². The Kier molecular flexibility index (Phi) is 9.06. The lowest BCUT2D eigenvalue weighted by Crippen LogP contribution is -2.37. The Balaban J connectivity index is 2.46. The standard InChI is InChI=1S/C17H30N2O2/c1-5-18-14-16-8-6-7-9-17(16)21-13-11-19(15(2)3)10-12-20-4/h6-9,15,18H,5,10-14H2,1-4H3. The van der Waals surface area contributed by atoms with Crippen molar-refractivity contribution in [2.24, 2.45) is 0 Å². The molecular formula is C17H30N2O2. The van der Waals surface area contributed by atoms with Gasteiger partial charge >= 0.3 is 0 Å². The van der Waals surface area contributed by atoms with Gasteiger partial charge in [-0.05, 0) is 26.5 Å². The maximum absolute atomic E-state index is 5.97. The number of rotatable bonds is 11. The van der Waals surface area contributed by atoms with E-state index in [1.54, 1.807) is 7.11 Å². The SMILES string of the molecule is CCNCc1ccccc1OCCN(CCOC)C(C)C. The van der Waals surface area contributed by atoms with Gasteiger partial charge in [0, 0.05) is 38.3 Å². The van der Waals surface area contributed by atoms with Crippen LogP contribution in [0.5, 0.6) is 5.75 Å². The van der Waals surface area contributed by atoms with E-state index in [1.807, 2.05) is 12.1 Å². The van der Waals surface area contributed by atoms with Gasteiger partial charge in [0.1, 0.15) is 12.4 Å². The van der Waals surface area contributed by atoms with Crippen molar-refractivity contribution in [3.8, 4) is 5.75 Å². The van der Waals surface area contributed by atoms with Gasteiger partial charge in [-0.15, -0.1) is 0 Å². The van der Waals surface area contributed by atoms with Crippen molar-refractivity contribution in [1.82, 2.24) is 10.2 Å². The van der Waals surface area contributed by atoms with Crippen molar-refractivity contribution < 1.29 is 9.47 Å². The Morgan fingerprint density at radius 1 is 1.14 bits per heavy atom. The minimum Gasteiger partial charge on any atom is -0.492 e. The van der Waals surface area contributed by atoms with Gasteiger partial charge in [-0.2, -0.15) is 0 Å². The van der Waals surface area contributed by atoms with Crippen LogP contribution in [0.2, 0.25) is 0 Å². The first-order chi connectivity index (χ1) is 10.2. The van der Waals surface area contributed by atoms with Crippen LogP contribution in [0.3, 0.4) is 0 Å². The Morgan fingerprint density at radius 2 is 1.86 bits per heavy atom. The summed E-state index contributed by atoms with van der Waals surface area (Å²) in [5.41, 5.74) is 1.22. The summed E-state index contributed by atoms with van der Waals surface area (Å²) in [6.07, 6.45) is 0. The van der Waals surface area contributed by atoms with Gasteiger partial charge in [-0.3, -0.25) is 4.90 Å². The van der Waals surface area contributed by atoms with E-state index in [0.717, 1.165) is 38.5 Å². The van der Waals surface area contributed by atoms with Crippen LogP contribution in [-0.2, 0) is 11.3 Å². The zero-order chi connectivity index (χ0) is 15.5. The minimum absolute atomic E-state index is 0.501. The molecule has 0 unspecified atom stereocenters. The van der Waals surface area contributed by atoms with E-state index in [1.165, 1.54) is 5.56 Å². The summed E-state index contributed by atoms with van der Waals surface area (Å²) in [5.74, 6) is 0.980. The predicted molar refractivity (Wildman–Crippen MR) is 87.9 cm³/mol. The van der Waals surface area contributed by atoms with Gasteiger partial charge in [0.2, 0.25) is 0 Å². The molecule has 1 N–H and O–H groups in total. The molecule has 0 aromatic heterocycles. The van der Waals surface area contributed by atoms with Crippen molar-refractivity contribution >= 4 is 0 Å². The molecule has 0 aliphatic rings. The van der Waals surface area contributed by atoms with Crippen LogP contribution in [0, 0.1) is 0 Å². The van der Waals surface area contributed by atoms with Crippen molar-refractivity contribution in [2.45, 2.75) is 33.4 Å². The number of ether oxygens (including phenoxy) is 2. The number of para-hydroxylation sites is 1. The van der Waals surface area contributed by atoms with Crippen LogP contribution in [0.25, 0.3) is 0 Å². The molecule has 1 aromatic rings. The van der Waals surface area contributed by atoms with Gasteiger partial charge in [0.05, 0.1) is 6.61 Å². The number of methoxy groups -OCH3 is 1. The molecule has 0 saturated carbocycles. The Bertz CT molecular complexity index is 383. The van der Waals surface area contributed by atoms with Gasteiger partial charge in [-0.25, -0.2) is 0 Å². The Morgan fingerprint density at radius 3 is 2.52 bits per heavy atom. The molecule has 0 atom stereocenters. The first kappa shape index (κ1) is 18.0. The Hall–Kier alpha value is -1.10. The molecule has 0 amide bonds. The van der Waals surface area contributed by atoms with Crippen molar-refractivity contribution in [2.75, 3.05) is 40.0 Å². The summed E-state index contributed by atoms with van der Waals surface area (Å²) in [6, 6.07) is 8.74. The highest BCUT2D eigenvalue weighted by Crippen LogP contribution is 2.17. The predicted octanol–water partition coefficient (Wildman–Crippen LogP) is 2.53. The largest absolute Gasteiger partial charge is 0.492 e. The summed E-state index contributed by atoms with van der Waals surface area (Å²) >= 11 is 0. The quantitative estimate of drug-likeness (QED) is 0.680. The third-order valence-corrected chi connectivity index (χ3v) is 3.49. The lowest BCUT2D eigenvalue weighted by molar-refractivity contribution is 0.115. The maximum atomic E-state index is 5.97. The van der Waals surface area contributed by atoms with Crippen molar-refractivity contribution in [3.63, 3.8) is 0 Å². The molecule has 1 rings (SSSR count). The van der Waals surface area contributed by atoms with Crippen LogP contribution in [0.4, 0.5) is 0 Å². The third kappa shape index (κ3) is 6.93. The highest BCUT2D eigenvalue weighted by atomic mass is 16.5. The second kappa shape index (κ2) is 10.6. The van der Waals surface area contributed by atoms with Gasteiger partial charge in [0.25, 0.3) is 0 Å². The molecule has 0 heterocycles. The fraction of sp³-hybridized carbons (Fsp3) is 0.647. The molecule has 0 saturated heterocycles. The molecule has 4 heteroatoms. The van der Waals surface area contributed by atoms with E-state index >= 15 is 0 Å². The highest BCUT2D eigenvalue weighted by molar-refractivity contribution is 5.33. The van der Waals surface area contributed by atoms with Crippen LogP contribution in [0.1, 0.15) is 26.3 Å².